The van der Waals surface area contributed by atoms with Gasteiger partial charge in [0, 0.05) is 11.8 Å². The number of allylic oxidation sites excluding steroid dienone is 2. The predicted molar refractivity (Wildman–Crippen MR) is 59.9 cm³/mol. The summed E-state index contributed by atoms with van der Waals surface area (Å²) < 4.78 is 62.7. The zero-order chi connectivity index (χ0) is 14.6. The second-order valence-electron chi connectivity index (χ2n) is 3.39. The third kappa shape index (κ3) is 4.86. The Hall–Kier alpha value is -1.63. The van der Waals surface area contributed by atoms with Crippen molar-refractivity contribution in [2.45, 2.75) is 11.8 Å². The number of rotatable bonds is 4. The summed E-state index contributed by atoms with van der Waals surface area (Å²) in [6.07, 6.45) is -4.89. The Morgan fingerprint density at radius 1 is 1.26 bits per heavy atom. The van der Waals surface area contributed by atoms with Crippen LogP contribution in [-0.2, 0) is 4.79 Å². The average Bonchev–Trinajstić information content (AvgIpc) is 2.29. The first kappa shape index (κ1) is 15.4. The van der Waals surface area contributed by atoms with Crippen LogP contribution in [0.25, 0.3) is 0 Å². The molecule has 1 aromatic rings. The van der Waals surface area contributed by atoms with Crippen LogP contribution in [0.3, 0.4) is 0 Å². The van der Waals surface area contributed by atoms with Crippen LogP contribution in [0, 0.1) is 5.82 Å². The van der Waals surface area contributed by atoms with Crippen molar-refractivity contribution < 1.29 is 26.7 Å². The number of benzene rings is 1. The molecule has 0 spiro atoms. The monoisotopic (exact) mass is 299 g/mol. The Kier molecular flexibility index (Phi) is 4.88. The highest BCUT2D eigenvalue weighted by Crippen LogP contribution is 2.27. The topological polar surface area (TPSA) is 29.1 Å². The van der Waals surface area contributed by atoms with Crippen LogP contribution in [0.4, 0.5) is 27.6 Å². The Bertz CT molecular complexity index is 481. The van der Waals surface area contributed by atoms with E-state index in [9.17, 15) is 26.7 Å². The molecule has 1 rings (SSSR count). The zero-order valence-corrected chi connectivity index (χ0v) is 9.90. The number of hydrogen-bond acceptors (Lipinski definition) is 2. The molecule has 1 aromatic carbocycles. The molecule has 0 amide bonds. The molecule has 0 bridgehead atoms. The van der Waals surface area contributed by atoms with Crippen molar-refractivity contribution in [2.24, 2.45) is 0 Å². The molecule has 0 saturated heterocycles. The van der Waals surface area contributed by atoms with E-state index in [4.69, 9.17) is 11.6 Å². The number of hydrogen-bond donors (Lipinski definition) is 1. The van der Waals surface area contributed by atoms with Gasteiger partial charge in [0.2, 0.25) is 11.4 Å². The molecular weight excluding hydrogens is 293 g/mol. The van der Waals surface area contributed by atoms with Gasteiger partial charge in [-0.2, -0.15) is 13.2 Å². The van der Waals surface area contributed by atoms with Crippen molar-refractivity contribution in [1.29, 1.82) is 0 Å². The van der Waals surface area contributed by atoms with E-state index in [1.807, 2.05) is 5.32 Å². The van der Waals surface area contributed by atoms with Gasteiger partial charge in [-0.1, -0.05) is 11.6 Å². The molecule has 104 valence electrons. The van der Waals surface area contributed by atoms with Gasteiger partial charge in [0.25, 0.3) is 0 Å². The maximum Gasteiger partial charge on any atom is 0.431 e. The Labute approximate surface area is 109 Å². The lowest BCUT2D eigenvalue weighted by Gasteiger charge is -2.14. The van der Waals surface area contributed by atoms with Crippen molar-refractivity contribution in [3.05, 3.63) is 41.9 Å². The van der Waals surface area contributed by atoms with Crippen molar-refractivity contribution in [1.82, 2.24) is 0 Å². The molecular formula is C11H7ClF5NO. The van der Waals surface area contributed by atoms with Gasteiger partial charge >= 0.3 is 6.18 Å². The molecule has 0 aliphatic carbocycles. The van der Waals surface area contributed by atoms with E-state index in [2.05, 4.69) is 0 Å². The molecule has 0 saturated carbocycles. The van der Waals surface area contributed by atoms with Crippen molar-refractivity contribution >= 4 is 23.1 Å². The molecule has 1 unspecified atom stereocenters. The quantitative estimate of drug-likeness (QED) is 0.521. The molecule has 1 N–H and O–H groups in total. The summed E-state index contributed by atoms with van der Waals surface area (Å²) in [6.45, 7) is 0. The Morgan fingerprint density at radius 3 is 2.21 bits per heavy atom. The number of nitrogens with one attached hydrogen (secondary N) is 1. The van der Waals surface area contributed by atoms with E-state index in [0.717, 1.165) is 24.3 Å². The fourth-order valence-corrected chi connectivity index (χ4v) is 1.15. The molecule has 2 nitrogen and oxygen atoms in total. The second-order valence-corrected chi connectivity index (χ2v) is 3.77. The average molecular weight is 300 g/mol. The highest BCUT2D eigenvalue weighted by Gasteiger charge is 2.35. The highest BCUT2D eigenvalue weighted by molar-refractivity contribution is 6.31. The maximum atomic E-state index is 12.6. The van der Waals surface area contributed by atoms with Crippen LogP contribution in [0.5, 0.6) is 0 Å². The minimum Gasteiger partial charge on any atom is -0.351 e. The Balaban J connectivity index is 3.00. The number of alkyl halides is 5. The molecule has 19 heavy (non-hydrogen) atoms. The summed E-state index contributed by atoms with van der Waals surface area (Å²) in [5.74, 6) is -2.17. The van der Waals surface area contributed by atoms with Crippen LogP contribution >= 0.6 is 11.6 Å². The van der Waals surface area contributed by atoms with Crippen molar-refractivity contribution in [3.63, 3.8) is 0 Å². The van der Waals surface area contributed by atoms with Crippen LogP contribution in [0.15, 0.2) is 36.0 Å². The van der Waals surface area contributed by atoms with Crippen LogP contribution in [0.1, 0.15) is 0 Å². The van der Waals surface area contributed by atoms with Gasteiger partial charge in [-0.15, -0.1) is 0 Å². The summed E-state index contributed by atoms with van der Waals surface area (Å²) in [4.78, 5) is 10.9. The van der Waals surface area contributed by atoms with E-state index >= 15 is 0 Å². The van der Waals surface area contributed by atoms with Crippen molar-refractivity contribution in [2.75, 3.05) is 5.32 Å². The minimum absolute atomic E-state index is 0.0149. The van der Waals surface area contributed by atoms with Crippen LogP contribution in [-0.4, -0.2) is 17.6 Å². The first-order valence-corrected chi connectivity index (χ1v) is 5.27. The third-order valence-electron chi connectivity index (χ3n) is 1.93. The second kappa shape index (κ2) is 6.01. The standard InChI is InChI=1S/C11H7ClF5NO/c12-10(14)8(19)5-9(11(15,16)17)18-7-3-1-6(13)2-4-7/h1-5,10,18H/b9-5-. The summed E-state index contributed by atoms with van der Waals surface area (Å²) in [7, 11) is 0. The normalized spacial score (nSPS) is 14.1. The first-order chi connectivity index (χ1) is 8.70. The zero-order valence-electron chi connectivity index (χ0n) is 9.14. The summed E-state index contributed by atoms with van der Waals surface area (Å²) >= 11 is 4.74. The van der Waals surface area contributed by atoms with E-state index in [1.54, 1.807) is 0 Å². The number of ketones is 1. The number of halogens is 6. The largest absolute Gasteiger partial charge is 0.431 e. The van der Waals surface area contributed by atoms with Gasteiger partial charge in [-0.3, -0.25) is 4.79 Å². The van der Waals surface area contributed by atoms with Gasteiger partial charge in [0.05, 0.1) is 0 Å². The molecule has 0 fully saturated rings. The predicted octanol–water partition coefficient (Wildman–Crippen LogP) is 3.79. The van der Waals surface area contributed by atoms with Crippen molar-refractivity contribution in [3.8, 4) is 0 Å². The third-order valence-corrected chi connectivity index (χ3v) is 2.15. The molecule has 8 heteroatoms. The molecule has 0 aliphatic heterocycles. The van der Waals surface area contributed by atoms with Crippen LogP contribution < -0.4 is 5.32 Å². The Morgan fingerprint density at radius 2 is 1.79 bits per heavy atom. The molecule has 0 heterocycles. The SMILES string of the molecule is O=C(/C=C(\Nc1ccc(F)cc1)C(F)(F)F)C(F)Cl. The van der Waals surface area contributed by atoms with Gasteiger partial charge in [0.1, 0.15) is 11.5 Å². The smallest absolute Gasteiger partial charge is 0.351 e. The highest BCUT2D eigenvalue weighted by atomic mass is 35.5. The lowest BCUT2D eigenvalue weighted by molar-refractivity contribution is -0.118. The summed E-state index contributed by atoms with van der Waals surface area (Å²) in [5.41, 5.74) is -4.16. The maximum absolute atomic E-state index is 12.6. The fourth-order valence-electron chi connectivity index (χ4n) is 1.08. The van der Waals surface area contributed by atoms with E-state index < -0.39 is 29.1 Å². The van der Waals surface area contributed by atoms with Crippen LogP contribution in [0.2, 0.25) is 0 Å². The van der Waals surface area contributed by atoms with Gasteiger partial charge in [0.15, 0.2) is 0 Å². The van der Waals surface area contributed by atoms with Gasteiger partial charge in [-0.05, 0) is 24.3 Å². The summed E-state index contributed by atoms with van der Waals surface area (Å²) in [6, 6.07) is 3.93. The molecule has 0 radical (unpaired) electrons. The number of anilines is 1. The van der Waals surface area contributed by atoms with Gasteiger partial charge < -0.3 is 5.32 Å². The van der Waals surface area contributed by atoms with E-state index in [1.165, 1.54) is 0 Å². The number of carbonyl (C=O) groups excluding carboxylic acids is 1. The summed E-state index contributed by atoms with van der Waals surface area (Å²) in [5, 5.41) is 1.86. The first-order valence-electron chi connectivity index (χ1n) is 4.83. The van der Waals surface area contributed by atoms with Gasteiger partial charge in [-0.25, -0.2) is 8.78 Å². The fraction of sp³-hybridized carbons (Fsp3) is 0.182. The van der Waals surface area contributed by atoms with E-state index in [-0.39, 0.29) is 11.8 Å². The number of carbonyl (C=O) groups is 1. The minimum atomic E-state index is -4.91. The van der Waals surface area contributed by atoms with E-state index in [0.29, 0.717) is 0 Å². The molecule has 0 aromatic heterocycles. The lowest BCUT2D eigenvalue weighted by Crippen LogP contribution is -2.21. The molecule has 1 atom stereocenters. The molecule has 0 aliphatic rings. The lowest BCUT2D eigenvalue weighted by atomic mass is 10.2.